The van der Waals surface area contributed by atoms with Crippen molar-refractivity contribution in [1.29, 1.82) is 0 Å². The van der Waals surface area contributed by atoms with Gasteiger partial charge in [0, 0.05) is 7.05 Å². The van der Waals surface area contributed by atoms with Crippen LogP contribution in [0.2, 0.25) is 0 Å². The molecule has 0 aliphatic carbocycles. The third-order valence-electron chi connectivity index (χ3n) is 3.29. The lowest BCUT2D eigenvalue weighted by Gasteiger charge is -2.19. The monoisotopic (exact) mass is 246 g/mol. The summed E-state index contributed by atoms with van der Waals surface area (Å²) in [6.07, 6.45) is 0. The number of nitrogens with zero attached hydrogens (tertiary/aromatic N) is 2. The first kappa shape index (κ1) is 13.1. The van der Waals surface area contributed by atoms with Gasteiger partial charge in [0.25, 0.3) is 0 Å². The van der Waals surface area contributed by atoms with Gasteiger partial charge in [-0.3, -0.25) is 0 Å². The van der Waals surface area contributed by atoms with Crippen LogP contribution in [0.1, 0.15) is 46.0 Å². The van der Waals surface area contributed by atoms with E-state index in [0.29, 0.717) is 5.82 Å². The molecule has 0 fully saturated rings. The zero-order valence-corrected chi connectivity index (χ0v) is 12.1. The van der Waals surface area contributed by atoms with Crippen molar-refractivity contribution in [3.63, 3.8) is 0 Å². The van der Waals surface area contributed by atoms with E-state index in [1.165, 1.54) is 5.56 Å². The smallest absolute Gasteiger partial charge is 0.141 e. The summed E-state index contributed by atoms with van der Waals surface area (Å²) in [7, 11) is 1.95. The Bertz CT molecular complexity index is 583. The van der Waals surface area contributed by atoms with Crippen LogP contribution in [0.15, 0.2) is 18.2 Å². The first-order valence-corrected chi connectivity index (χ1v) is 6.30. The molecule has 0 saturated heterocycles. The maximum atomic E-state index is 10.1. The lowest BCUT2D eigenvalue weighted by Crippen LogP contribution is -2.20. The van der Waals surface area contributed by atoms with Crippen LogP contribution in [-0.4, -0.2) is 14.7 Å². The van der Waals surface area contributed by atoms with E-state index in [-0.39, 0.29) is 5.41 Å². The van der Waals surface area contributed by atoms with Crippen molar-refractivity contribution < 1.29 is 5.11 Å². The highest BCUT2D eigenvalue weighted by atomic mass is 16.3. The van der Waals surface area contributed by atoms with E-state index in [4.69, 9.17) is 0 Å². The maximum absolute atomic E-state index is 10.1. The Balaban J connectivity index is 2.68. The van der Waals surface area contributed by atoms with Gasteiger partial charge in [0.1, 0.15) is 11.4 Å². The molecule has 0 bridgehead atoms. The minimum absolute atomic E-state index is 0.118. The Morgan fingerprint density at radius 2 is 1.72 bits per heavy atom. The number of rotatable bonds is 1. The van der Waals surface area contributed by atoms with Crippen molar-refractivity contribution in [3.8, 4) is 0 Å². The lowest BCUT2D eigenvalue weighted by molar-refractivity contribution is 0.0663. The molecule has 2 rings (SSSR count). The zero-order chi connectivity index (χ0) is 13.7. The molecule has 0 atom stereocenters. The fraction of sp³-hybridized carbons (Fsp3) is 0.533. The van der Waals surface area contributed by atoms with E-state index in [0.717, 1.165) is 11.0 Å². The summed E-state index contributed by atoms with van der Waals surface area (Å²) in [4.78, 5) is 4.52. The van der Waals surface area contributed by atoms with Crippen molar-refractivity contribution in [3.05, 3.63) is 29.6 Å². The summed E-state index contributed by atoms with van der Waals surface area (Å²) in [5.41, 5.74) is 2.48. The van der Waals surface area contributed by atoms with Gasteiger partial charge in [-0.2, -0.15) is 0 Å². The van der Waals surface area contributed by atoms with Gasteiger partial charge in [0.2, 0.25) is 0 Å². The third kappa shape index (κ3) is 2.15. The molecular formula is C15H22N2O. The molecule has 0 radical (unpaired) electrons. The summed E-state index contributed by atoms with van der Waals surface area (Å²) in [5.74, 6) is 0.698. The molecule has 0 unspecified atom stereocenters. The molecule has 2 aromatic rings. The summed E-state index contributed by atoms with van der Waals surface area (Å²) in [5, 5.41) is 10.1. The van der Waals surface area contributed by atoms with Gasteiger partial charge in [-0.15, -0.1) is 0 Å². The molecule has 1 heterocycles. The molecule has 98 valence electrons. The van der Waals surface area contributed by atoms with Gasteiger partial charge in [-0.1, -0.05) is 26.8 Å². The Morgan fingerprint density at radius 1 is 1.11 bits per heavy atom. The van der Waals surface area contributed by atoms with Crippen LogP contribution >= 0.6 is 0 Å². The lowest BCUT2D eigenvalue weighted by atomic mass is 9.87. The number of aryl methyl sites for hydroxylation is 1. The van der Waals surface area contributed by atoms with Gasteiger partial charge in [0.15, 0.2) is 0 Å². The van der Waals surface area contributed by atoms with Gasteiger partial charge < -0.3 is 9.67 Å². The predicted molar refractivity (Wildman–Crippen MR) is 74.7 cm³/mol. The summed E-state index contributed by atoms with van der Waals surface area (Å²) in [6, 6.07) is 6.31. The molecule has 0 saturated carbocycles. The number of aliphatic hydroxyl groups is 1. The van der Waals surface area contributed by atoms with E-state index < -0.39 is 5.60 Å². The predicted octanol–water partition coefficient (Wildman–Crippen LogP) is 3.10. The van der Waals surface area contributed by atoms with Crippen molar-refractivity contribution in [1.82, 2.24) is 9.55 Å². The van der Waals surface area contributed by atoms with Crippen molar-refractivity contribution in [2.45, 2.75) is 45.6 Å². The molecule has 3 nitrogen and oxygen atoms in total. The van der Waals surface area contributed by atoms with Crippen LogP contribution < -0.4 is 0 Å². The van der Waals surface area contributed by atoms with Gasteiger partial charge >= 0.3 is 0 Å². The van der Waals surface area contributed by atoms with E-state index in [2.05, 4.69) is 37.9 Å². The quantitative estimate of drug-likeness (QED) is 0.839. The Labute approximate surface area is 108 Å². The average Bonchev–Trinajstić information content (AvgIpc) is 2.54. The fourth-order valence-electron chi connectivity index (χ4n) is 2.20. The molecule has 3 heteroatoms. The Kier molecular flexibility index (Phi) is 2.78. The Hall–Kier alpha value is -1.35. The van der Waals surface area contributed by atoms with E-state index in [9.17, 15) is 5.11 Å². The second-order valence-corrected chi connectivity index (χ2v) is 6.51. The molecular weight excluding hydrogens is 224 g/mol. The minimum atomic E-state index is -0.921. The standard InChI is InChI=1S/C15H22N2O/c1-14(2,3)10-7-8-11-12(9-10)17(6)13(16-11)15(4,5)18/h7-9,18H,1-6H3. The van der Waals surface area contributed by atoms with Crippen LogP contribution in [-0.2, 0) is 18.1 Å². The van der Waals surface area contributed by atoms with E-state index in [1.807, 2.05) is 17.7 Å². The number of benzene rings is 1. The highest BCUT2D eigenvalue weighted by Crippen LogP contribution is 2.28. The normalized spacial score (nSPS) is 13.3. The van der Waals surface area contributed by atoms with Gasteiger partial charge in [-0.25, -0.2) is 4.98 Å². The number of imidazole rings is 1. The number of aromatic nitrogens is 2. The van der Waals surface area contributed by atoms with E-state index >= 15 is 0 Å². The zero-order valence-electron chi connectivity index (χ0n) is 12.1. The molecule has 0 amide bonds. The van der Waals surface area contributed by atoms with Crippen LogP contribution in [0.3, 0.4) is 0 Å². The second kappa shape index (κ2) is 3.82. The molecule has 1 N–H and O–H groups in total. The highest BCUT2D eigenvalue weighted by molar-refractivity contribution is 5.77. The van der Waals surface area contributed by atoms with Crippen LogP contribution in [0.25, 0.3) is 11.0 Å². The summed E-state index contributed by atoms with van der Waals surface area (Å²) < 4.78 is 1.98. The second-order valence-electron chi connectivity index (χ2n) is 6.51. The van der Waals surface area contributed by atoms with Crippen molar-refractivity contribution in [2.24, 2.45) is 7.05 Å². The van der Waals surface area contributed by atoms with Crippen LogP contribution in [0, 0.1) is 0 Å². The first-order chi connectivity index (χ1) is 8.10. The topological polar surface area (TPSA) is 38.0 Å². The minimum Gasteiger partial charge on any atom is -0.383 e. The van der Waals surface area contributed by atoms with Crippen molar-refractivity contribution >= 4 is 11.0 Å². The van der Waals surface area contributed by atoms with Gasteiger partial charge in [0.05, 0.1) is 11.0 Å². The molecule has 1 aromatic carbocycles. The summed E-state index contributed by atoms with van der Waals surface area (Å²) in [6.45, 7) is 10.1. The molecule has 18 heavy (non-hydrogen) atoms. The largest absolute Gasteiger partial charge is 0.383 e. The highest BCUT2D eigenvalue weighted by Gasteiger charge is 2.24. The maximum Gasteiger partial charge on any atom is 0.141 e. The van der Waals surface area contributed by atoms with E-state index in [1.54, 1.807) is 13.8 Å². The molecule has 0 spiro atoms. The molecule has 1 aromatic heterocycles. The fourth-order valence-corrected chi connectivity index (χ4v) is 2.20. The Morgan fingerprint density at radius 3 is 2.22 bits per heavy atom. The summed E-state index contributed by atoms with van der Waals surface area (Å²) >= 11 is 0. The van der Waals surface area contributed by atoms with Crippen LogP contribution in [0.4, 0.5) is 0 Å². The number of hydrogen-bond donors (Lipinski definition) is 1. The number of hydrogen-bond acceptors (Lipinski definition) is 2. The SMILES string of the molecule is Cn1c(C(C)(C)O)nc2ccc(C(C)(C)C)cc21. The number of fused-ring (bicyclic) bond motifs is 1. The first-order valence-electron chi connectivity index (χ1n) is 6.30. The van der Waals surface area contributed by atoms with Crippen LogP contribution in [0.5, 0.6) is 0 Å². The van der Waals surface area contributed by atoms with Crippen molar-refractivity contribution in [2.75, 3.05) is 0 Å². The third-order valence-corrected chi connectivity index (χ3v) is 3.29. The average molecular weight is 246 g/mol. The molecule has 0 aliphatic heterocycles. The van der Waals surface area contributed by atoms with Gasteiger partial charge in [-0.05, 0) is 37.0 Å². The molecule has 0 aliphatic rings.